The lowest BCUT2D eigenvalue weighted by Gasteiger charge is -2.27. The number of nitrogens with one attached hydrogen (secondary N) is 2. The van der Waals surface area contributed by atoms with E-state index in [4.69, 9.17) is 23.2 Å². The minimum atomic E-state index is 0.0464. The number of carbonyl (C=O) groups excluding carboxylic acids is 1. The summed E-state index contributed by atoms with van der Waals surface area (Å²) in [6, 6.07) is 5.64. The van der Waals surface area contributed by atoms with E-state index in [1.165, 1.54) is 0 Å². The first-order chi connectivity index (χ1) is 11.2. The minimum Gasteiger partial charge on any atom is -0.356 e. The van der Waals surface area contributed by atoms with Gasteiger partial charge in [0, 0.05) is 38.6 Å². The van der Waals surface area contributed by atoms with Gasteiger partial charge < -0.3 is 15.5 Å². The van der Waals surface area contributed by atoms with Crippen LogP contribution in [0.25, 0.3) is 0 Å². The molecule has 0 radical (unpaired) electrons. The van der Waals surface area contributed by atoms with E-state index >= 15 is 0 Å². The standard InChI is InChI=1S/C17H23Cl2N3O/c18-15-4-1-3-12(16(15)19)13-11-14(13)17(23)21-5-2-8-22-9-6-20-7-10-22/h1,3-4,13-14,20H,2,5-11H2,(H,21,23). The molecule has 23 heavy (non-hydrogen) atoms. The van der Waals surface area contributed by atoms with Crippen LogP contribution in [-0.2, 0) is 4.79 Å². The van der Waals surface area contributed by atoms with Gasteiger partial charge in [-0.25, -0.2) is 0 Å². The summed E-state index contributed by atoms with van der Waals surface area (Å²) >= 11 is 12.3. The summed E-state index contributed by atoms with van der Waals surface area (Å²) in [6.45, 7) is 6.14. The zero-order valence-electron chi connectivity index (χ0n) is 13.2. The Morgan fingerprint density at radius 2 is 2.09 bits per heavy atom. The van der Waals surface area contributed by atoms with Gasteiger partial charge in [0.2, 0.25) is 5.91 Å². The van der Waals surface area contributed by atoms with Crippen LogP contribution in [0.5, 0.6) is 0 Å². The van der Waals surface area contributed by atoms with Gasteiger partial charge in [0.25, 0.3) is 0 Å². The second-order valence-corrected chi connectivity index (χ2v) is 7.11. The first kappa shape index (κ1) is 17.0. The molecular formula is C17H23Cl2N3O. The third-order valence-electron chi connectivity index (χ3n) is 4.67. The lowest BCUT2D eigenvalue weighted by molar-refractivity contribution is -0.122. The summed E-state index contributed by atoms with van der Waals surface area (Å²) < 4.78 is 0. The molecular weight excluding hydrogens is 333 g/mol. The van der Waals surface area contributed by atoms with E-state index in [9.17, 15) is 4.79 Å². The number of halogens is 2. The maximum absolute atomic E-state index is 12.2. The van der Waals surface area contributed by atoms with Crippen molar-refractivity contribution in [2.45, 2.75) is 18.8 Å². The number of benzene rings is 1. The average molecular weight is 356 g/mol. The van der Waals surface area contributed by atoms with Gasteiger partial charge in [-0.3, -0.25) is 4.79 Å². The van der Waals surface area contributed by atoms with Crippen molar-refractivity contribution in [2.24, 2.45) is 5.92 Å². The van der Waals surface area contributed by atoms with E-state index in [1.807, 2.05) is 12.1 Å². The average Bonchev–Trinajstić information content (AvgIpc) is 3.35. The topological polar surface area (TPSA) is 44.4 Å². The van der Waals surface area contributed by atoms with Crippen LogP contribution < -0.4 is 10.6 Å². The molecule has 3 rings (SSSR count). The number of hydrogen-bond donors (Lipinski definition) is 2. The van der Waals surface area contributed by atoms with Crippen LogP contribution in [0.15, 0.2) is 18.2 Å². The lowest BCUT2D eigenvalue weighted by Crippen LogP contribution is -2.44. The molecule has 2 N–H and O–H groups in total. The van der Waals surface area contributed by atoms with Crippen molar-refractivity contribution < 1.29 is 4.79 Å². The van der Waals surface area contributed by atoms with Crippen molar-refractivity contribution in [1.29, 1.82) is 0 Å². The zero-order valence-corrected chi connectivity index (χ0v) is 14.7. The number of piperazine rings is 1. The molecule has 1 heterocycles. The van der Waals surface area contributed by atoms with Crippen LogP contribution in [0.4, 0.5) is 0 Å². The summed E-state index contributed by atoms with van der Waals surface area (Å²) in [5.41, 5.74) is 1.00. The van der Waals surface area contributed by atoms with Crippen molar-refractivity contribution in [2.75, 3.05) is 39.3 Å². The summed E-state index contributed by atoms with van der Waals surface area (Å²) in [5, 5.41) is 7.56. The molecule has 4 nitrogen and oxygen atoms in total. The Balaban J connectivity index is 1.39. The molecule has 126 valence electrons. The first-order valence-corrected chi connectivity index (χ1v) is 9.07. The number of nitrogens with zero attached hydrogens (tertiary/aromatic N) is 1. The lowest BCUT2D eigenvalue weighted by atomic mass is 10.1. The van der Waals surface area contributed by atoms with E-state index in [0.717, 1.165) is 57.7 Å². The Morgan fingerprint density at radius 1 is 1.30 bits per heavy atom. The molecule has 1 saturated heterocycles. The monoisotopic (exact) mass is 355 g/mol. The maximum Gasteiger partial charge on any atom is 0.223 e. The molecule has 1 aromatic carbocycles. The molecule has 1 amide bonds. The quantitative estimate of drug-likeness (QED) is 0.770. The van der Waals surface area contributed by atoms with E-state index in [0.29, 0.717) is 10.0 Å². The van der Waals surface area contributed by atoms with Gasteiger partial charge in [0.1, 0.15) is 0 Å². The number of rotatable bonds is 6. The van der Waals surface area contributed by atoms with Gasteiger partial charge in [-0.05, 0) is 36.9 Å². The number of hydrogen-bond acceptors (Lipinski definition) is 3. The molecule has 2 aliphatic rings. The van der Waals surface area contributed by atoms with E-state index in [1.54, 1.807) is 6.07 Å². The SMILES string of the molecule is O=C(NCCCN1CCNCC1)C1CC1c1cccc(Cl)c1Cl. The molecule has 1 aliphatic heterocycles. The smallest absolute Gasteiger partial charge is 0.223 e. The van der Waals surface area contributed by atoms with Gasteiger partial charge in [-0.2, -0.15) is 0 Å². The number of carbonyl (C=O) groups is 1. The van der Waals surface area contributed by atoms with E-state index < -0.39 is 0 Å². The Bertz CT molecular complexity index is 561. The Kier molecular flexibility index (Phi) is 5.81. The van der Waals surface area contributed by atoms with Crippen LogP contribution in [-0.4, -0.2) is 50.1 Å². The fraction of sp³-hybridized carbons (Fsp3) is 0.588. The summed E-state index contributed by atoms with van der Waals surface area (Å²) in [6.07, 6.45) is 1.87. The molecule has 2 atom stereocenters. The third kappa shape index (κ3) is 4.38. The Hall–Kier alpha value is -0.810. The highest BCUT2D eigenvalue weighted by Gasteiger charge is 2.44. The second kappa shape index (κ2) is 7.84. The molecule has 1 aromatic rings. The van der Waals surface area contributed by atoms with Crippen molar-refractivity contribution in [3.05, 3.63) is 33.8 Å². The van der Waals surface area contributed by atoms with Gasteiger partial charge in [0.15, 0.2) is 0 Å². The Morgan fingerprint density at radius 3 is 2.87 bits per heavy atom. The van der Waals surface area contributed by atoms with Crippen LogP contribution in [0.3, 0.4) is 0 Å². The number of amides is 1. The van der Waals surface area contributed by atoms with Gasteiger partial charge in [0.05, 0.1) is 10.0 Å². The predicted molar refractivity (Wildman–Crippen MR) is 94.2 cm³/mol. The molecule has 6 heteroatoms. The molecule has 1 aliphatic carbocycles. The third-order valence-corrected chi connectivity index (χ3v) is 5.50. The summed E-state index contributed by atoms with van der Waals surface area (Å²) in [5.74, 6) is 0.408. The molecule has 2 fully saturated rings. The van der Waals surface area contributed by atoms with Gasteiger partial charge in [-0.1, -0.05) is 35.3 Å². The van der Waals surface area contributed by atoms with Crippen molar-refractivity contribution in [3.63, 3.8) is 0 Å². The minimum absolute atomic E-state index is 0.0464. The zero-order chi connectivity index (χ0) is 16.2. The molecule has 0 aromatic heterocycles. The van der Waals surface area contributed by atoms with Crippen LogP contribution >= 0.6 is 23.2 Å². The highest BCUT2D eigenvalue weighted by atomic mass is 35.5. The Labute approximate surface area is 147 Å². The van der Waals surface area contributed by atoms with E-state index in [2.05, 4.69) is 15.5 Å². The second-order valence-electron chi connectivity index (χ2n) is 6.33. The summed E-state index contributed by atoms with van der Waals surface area (Å²) in [4.78, 5) is 14.7. The molecule has 2 unspecified atom stereocenters. The van der Waals surface area contributed by atoms with Crippen LogP contribution in [0, 0.1) is 5.92 Å². The van der Waals surface area contributed by atoms with Gasteiger partial charge in [-0.15, -0.1) is 0 Å². The fourth-order valence-corrected chi connectivity index (χ4v) is 3.66. The van der Waals surface area contributed by atoms with E-state index in [-0.39, 0.29) is 17.7 Å². The highest BCUT2D eigenvalue weighted by molar-refractivity contribution is 6.42. The summed E-state index contributed by atoms with van der Waals surface area (Å²) in [7, 11) is 0. The van der Waals surface area contributed by atoms with Gasteiger partial charge >= 0.3 is 0 Å². The van der Waals surface area contributed by atoms with Crippen LogP contribution in [0.1, 0.15) is 24.3 Å². The fourth-order valence-electron chi connectivity index (χ4n) is 3.22. The molecule has 1 saturated carbocycles. The first-order valence-electron chi connectivity index (χ1n) is 8.31. The van der Waals surface area contributed by atoms with Crippen molar-refractivity contribution in [3.8, 4) is 0 Å². The highest BCUT2D eigenvalue weighted by Crippen LogP contribution is 2.50. The van der Waals surface area contributed by atoms with Crippen molar-refractivity contribution in [1.82, 2.24) is 15.5 Å². The maximum atomic E-state index is 12.2. The van der Waals surface area contributed by atoms with Crippen molar-refractivity contribution >= 4 is 29.1 Å². The normalized spacial score (nSPS) is 24.4. The molecule has 0 bridgehead atoms. The van der Waals surface area contributed by atoms with Crippen LogP contribution in [0.2, 0.25) is 10.0 Å². The molecule has 0 spiro atoms. The predicted octanol–water partition coefficient (Wildman–Crippen LogP) is 2.51. The largest absolute Gasteiger partial charge is 0.356 e.